The maximum absolute atomic E-state index is 11.8. The SMILES string of the molecule is CC(NC1CC(=O)N(C)C1=O)C1CCN(C)CC1. The lowest BCUT2D eigenvalue weighted by atomic mass is 9.90. The van der Waals surface area contributed by atoms with E-state index in [1.165, 1.54) is 4.90 Å². The van der Waals surface area contributed by atoms with E-state index in [2.05, 4.69) is 24.2 Å². The first-order valence-electron chi connectivity index (χ1n) is 6.74. The van der Waals surface area contributed by atoms with E-state index in [0.29, 0.717) is 18.4 Å². The average molecular weight is 253 g/mol. The van der Waals surface area contributed by atoms with Gasteiger partial charge in [-0.3, -0.25) is 14.5 Å². The van der Waals surface area contributed by atoms with Gasteiger partial charge >= 0.3 is 0 Å². The van der Waals surface area contributed by atoms with Gasteiger partial charge in [-0.2, -0.15) is 0 Å². The molecule has 0 saturated carbocycles. The molecule has 2 fully saturated rings. The van der Waals surface area contributed by atoms with Gasteiger partial charge in [-0.15, -0.1) is 0 Å². The van der Waals surface area contributed by atoms with Gasteiger partial charge in [-0.1, -0.05) is 0 Å². The third kappa shape index (κ3) is 2.72. The van der Waals surface area contributed by atoms with Crippen molar-refractivity contribution in [1.82, 2.24) is 15.1 Å². The Morgan fingerprint density at radius 3 is 2.33 bits per heavy atom. The second-order valence-corrected chi connectivity index (χ2v) is 5.64. The topological polar surface area (TPSA) is 52.7 Å². The van der Waals surface area contributed by atoms with Gasteiger partial charge in [0.2, 0.25) is 11.8 Å². The van der Waals surface area contributed by atoms with Crippen molar-refractivity contribution in [2.24, 2.45) is 5.92 Å². The second-order valence-electron chi connectivity index (χ2n) is 5.64. The molecule has 0 spiro atoms. The average Bonchev–Trinajstić information content (AvgIpc) is 2.58. The fourth-order valence-electron chi connectivity index (χ4n) is 2.87. The van der Waals surface area contributed by atoms with Crippen molar-refractivity contribution < 1.29 is 9.59 Å². The minimum Gasteiger partial charge on any atom is -0.306 e. The molecule has 18 heavy (non-hydrogen) atoms. The number of nitrogens with zero attached hydrogens (tertiary/aromatic N) is 2. The van der Waals surface area contributed by atoms with Crippen molar-refractivity contribution >= 4 is 11.8 Å². The molecule has 2 unspecified atom stereocenters. The van der Waals surface area contributed by atoms with Gasteiger partial charge in [0.25, 0.3) is 0 Å². The molecule has 0 aliphatic carbocycles. The minimum absolute atomic E-state index is 0.0759. The number of carbonyl (C=O) groups excluding carboxylic acids is 2. The zero-order chi connectivity index (χ0) is 13.3. The van der Waals surface area contributed by atoms with Crippen LogP contribution in [0.2, 0.25) is 0 Å². The summed E-state index contributed by atoms with van der Waals surface area (Å²) < 4.78 is 0. The molecule has 2 heterocycles. The van der Waals surface area contributed by atoms with Gasteiger partial charge in [-0.25, -0.2) is 0 Å². The largest absolute Gasteiger partial charge is 0.306 e. The van der Waals surface area contributed by atoms with E-state index >= 15 is 0 Å². The molecule has 102 valence electrons. The molecule has 0 aromatic rings. The number of carbonyl (C=O) groups is 2. The number of rotatable bonds is 3. The summed E-state index contributed by atoms with van der Waals surface area (Å²) >= 11 is 0. The van der Waals surface area contributed by atoms with E-state index in [1.807, 2.05) is 0 Å². The van der Waals surface area contributed by atoms with Gasteiger partial charge < -0.3 is 10.2 Å². The number of hydrogen-bond acceptors (Lipinski definition) is 4. The van der Waals surface area contributed by atoms with E-state index in [9.17, 15) is 9.59 Å². The number of nitrogens with one attached hydrogen (secondary N) is 1. The Balaban J connectivity index is 1.86. The van der Waals surface area contributed by atoms with Crippen molar-refractivity contribution in [3.8, 4) is 0 Å². The lowest BCUT2D eigenvalue weighted by Crippen LogP contribution is -2.47. The monoisotopic (exact) mass is 253 g/mol. The van der Waals surface area contributed by atoms with Crippen molar-refractivity contribution in [3.05, 3.63) is 0 Å². The Hall–Kier alpha value is -0.940. The molecule has 0 bridgehead atoms. The van der Waals surface area contributed by atoms with Crippen molar-refractivity contribution in [2.45, 2.75) is 38.3 Å². The fraction of sp³-hybridized carbons (Fsp3) is 0.846. The zero-order valence-electron chi connectivity index (χ0n) is 11.5. The lowest BCUT2D eigenvalue weighted by Gasteiger charge is -2.34. The molecular formula is C13H23N3O2. The first-order chi connectivity index (χ1) is 8.49. The quantitative estimate of drug-likeness (QED) is 0.723. The molecule has 1 N–H and O–H groups in total. The summed E-state index contributed by atoms with van der Waals surface area (Å²) in [5.74, 6) is 0.447. The number of likely N-dealkylation sites (tertiary alicyclic amines) is 2. The Bertz CT molecular complexity index is 337. The molecule has 5 nitrogen and oxygen atoms in total. The predicted octanol–water partition coefficient (Wildman–Crippen LogP) is 0.0636. The summed E-state index contributed by atoms with van der Waals surface area (Å²) in [6.07, 6.45) is 2.64. The Morgan fingerprint density at radius 1 is 1.22 bits per heavy atom. The van der Waals surface area contributed by atoms with Crippen molar-refractivity contribution in [2.75, 3.05) is 27.2 Å². The first-order valence-corrected chi connectivity index (χ1v) is 6.74. The van der Waals surface area contributed by atoms with Gasteiger partial charge in [0.05, 0.1) is 12.5 Å². The molecule has 2 saturated heterocycles. The fourth-order valence-corrected chi connectivity index (χ4v) is 2.87. The van der Waals surface area contributed by atoms with Crippen LogP contribution in [0.15, 0.2) is 0 Å². The van der Waals surface area contributed by atoms with Crippen LogP contribution in [0, 0.1) is 5.92 Å². The predicted molar refractivity (Wildman–Crippen MR) is 69.0 cm³/mol. The second kappa shape index (κ2) is 5.36. The highest BCUT2D eigenvalue weighted by atomic mass is 16.2. The van der Waals surface area contributed by atoms with Crippen LogP contribution in [0.25, 0.3) is 0 Å². The van der Waals surface area contributed by atoms with E-state index < -0.39 is 0 Å². The van der Waals surface area contributed by atoms with Gasteiger partial charge in [0.15, 0.2) is 0 Å². The Kier molecular flexibility index (Phi) is 4.02. The maximum Gasteiger partial charge on any atom is 0.246 e. The summed E-state index contributed by atoms with van der Waals surface area (Å²) in [6.45, 7) is 4.37. The number of hydrogen-bond donors (Lipinski definition) is 1. The van der Waals surface area contributed by atoms with Crippen molar-refractivity contribution in [1.29, 1.82) is 0 Å². The Morgan fingerprint density at radius 2 is 1.83 bits per heavy atom. The number of amides is 2. The third-order valence-electron chi connectivity index (χ3n) is 4.32. The number of imide groups is 1. The summed E-state index contributed by atoms with van der Waals surface area (Å²) in [7, 11) is 3.70. The molecule has 0 radical (unpaired) electrons. The van der Waals surface area contributed by atoms with Crippen molar-refractivity contribution in [3.63, 3.8) is 0 Å². The smallest absolute Gasteiger partial charge is 0.246 e. The lowest BCUT2D eigenvalue weighted by molar-refractivity contribution is -0.137. The maximum atomic E-state index is 11.8. The van der Waals surface area contributed by atoms with Crippen LogP contribution in [0.3, 0.4) is 0 Å². The zero-order valence-corrected chi connectivity index (χ0v) is 11.5. The summed E-state index contributed by atoms with van der Waals surface area (Å²) in [5.41, 5.74) is 0. The van der Waals surface area contributed by atoms with Crippen LogP contribution in [-0.4, -0.2) is 60.9 Å². The summed E-state index contributed by atoms with van der Waals surface area (Å²) in [5, 5.41) is 3.34. The van der Waals surface area contributed by atoms with Gasteiger partial charge in [0, 0.05) is 13.1 Å². The van der Waals surface area contributed by atoms with E-state index in [-0.39, 0.29) is 17.9 Å². The molecule has 5 heteroatoms. The summed E-state index contributed by atoms with van der Waals surface area (Å²) in [4.78, 5) is 26.8. The molecule has 2 aliphatic rings. The molecule has 2 rings (SSSR count). The first kappa shape index (κ1) is 13.5. The van der Waals surface area contributed by atoms with Gasteiger partial charge in [-0.05, 0) is 45.8 Å². The van der Waals surface area contributed by atoms with Crippen LogP contribution < -0.4 is 5.32 Å². The van der Waals surface area contributed by atoms with Crippen LogP contribution in [0.4, 0.5) is 0 Å². The number of likely N-dealkylation sites (N-methyl/N-ethyl adjacent to an activating group) is 1. The highest BCUT2D eigenvalue weighted by Gasteiger charge is 2.37. The molecular weight excluding hydrogens is 230 g/mol. The molecule has 2 atom stereocenters. The summed E-state index contributed by atoms with van der Waals surface area (Å²) in [6, 6.07) is -0.0101. The van der Waals surface area contributed by atoms with Gasteiger partial charge in [0.1, 0.15) is 0 Å². The van der Waals surface area contributed by atoms with Crippen LogP contribution in [0.1, 0.15) is 26.2 Å². The number of piperidine rings is 1. The Labute approximate surface area is 108 Å². The van der Waals surface area contributed by atoms with E-state index in [0.717, 1.165) is 25.9 Å². The third-order valence-corrected chi connectivity index (χ3v) is 4.32. The minimum atomic E-state index is -0.308. The normalized spacial score (nSPS) is 29.1. The highest BCUT2D eigenvalue weighted by Crippen LogP contribution is 2.21. The molecule has 2 aliphatic heterocycles. The molecule has 0 aromatic heterocycles. The highest BCUT2D eigenvalue weighted by molar-refractivity contribution is 6.05. The van der Waals surface area contributed by atoms with E-state index in [1.54, 1.807) is 7.05 Å². The van der Waals surface area contributed by atoms with E-state index in [4.69, 9.17) is 0 Å². The van der Waals surface area contributed by atoms with Crippen LogP contribution >= 0.6 is 0 Å². The standard InChI is InChI=1S/C13H23N3O2/c1-9(10-4-6-15(2)7-5-10)14-11-8-12(17)16(3)13(11)18/h9-11,14H,4-8H2,1-3H3. The molecule has 2 amide bonds. The van der Waals surface area contributed by atoms with Crippen LogP contribution in [-0.2, 0) is 9.59 Å². The molecule has 0 aromatic carbocycles. The van der Waals surface area contributed by atoms with Crippen LogP contribution in [0.5, 0.6) is 0 Å².